The third-order valence-electron chi connectivity index (χ3n) is 2.26. The van der Waals surface area contributed by atoms with Gasteiger partial charge in [0.15, 0.2) is 0 Å². The van der Waals surface area contributed by atoms with Gasteiger partial charge in [-0.1, -0.05) is 0 Å². The highest BCUT2D eigenvalue weighted by atomic mass is 16.5. The molecule has 5 heteroatoms. The van der Waals surface area contributed by atoms with E-state index in [9.17, 15) is 4.79 Å². The number of hydrogen-bond acceptors (Lipinski definition) is 3. The van der Waals surface area contributed by atoms with Crippen molar-refractivity contribution < 1.29 is 4.74 Å². The summed E-state index contributed by atoms with van der Waals surface area (Å²) in [5.74, 6) is 0.725. The van der Waals surface area contributed by atoms with Crippen LogP contribution in [0, 0.1) is 0 Å². The minimum Gasteiger partial charge on any atom is -0.492 e. The highest BCUT2D eigenvalue weighted by Crippen LogP contribution is 2.17. The Kier molecular flexibility index (Phi) is 2.47. The van der Waals surface area contributed by atoms with Gasteiger partial charge in [-0.05, 0) is 12.1 Å². The van der Waals surface area contributed by atoms with Gasteiger partial charge in [-0.2, -0.15) is 0 Å². The van der Waals surface area contributed by atoms with Gasteiger partial charge < -0.3 is 15.5 Å². The second kappa shape index (κ2) is 3.78. The molecule has 0 amide bonds. The van der Waals surface area contributed by atoms with Crippen molar-refractivity contribution in [2.24, 2.45) is 12.8 Å². The molecule has 0 aliphatic rings. The quantitative estimate of drug-likeness (QED) is 0.755. The van der Waals surface area contributed by atoms with Gasteiger partial charge >= 0.3 is 5.69 Å². The number of rotatable bonds is 3. The topological polar surface area (TPSA) is 73.0 Å². The number of nitrogens with zero attached hydrogens (tertiary/aromatic N) is 1. The van der Waals surface area contributed by atoms with Gasteiger partial charge in [0.2, 0.25) is 0 Å². The second-order valence-corrected chi connectivity index (χ2v) is 3.31. The van der Waals surface area contributed by atoms with Crippen LogP contribution in [-0.2, 0) is 7.05 Å². The van der Waals surface area contributed by atoms with E-state index in [4.69, 9.17) is 10.5 Å². The molecule has 2 aromatic rings. The second-order valence-electron chi connectivity index (χ2n) is 3.31. The highest BCUT2D eigenvalue weighted by molar-refractivity contribution is 5.76. The monoisotopic (exact) mass is 207 g/mol. The number of aryl methyl sites for hydroxylation is 1. The molecule has 0 radical (unpaired) electrons. The van der Waals surface area contributed by atoms with Gasteiger partial charge in [-0.25, -0.2) is 4.79 Å². The van der Waals surface area contributed by atoms with Crippen LogP contribution >= 0.6 is 0 Å². The summed E-state index contributed by atoms with van der Waals surface area (Å²) in [6.07, 6.45) is 0. The van der Waals surface area contributed by atoms with Crippen molar-refractivity contribution in [2.45, 2.75) is 0 Å². The number of imidazole rings is 1. The highest BCUT2D eigenvalue weighted by Gasteiger charge is 2.03. The van der Waals surface area contributed by atoms with Crippen molar-refractivity contribution in [1.82, 2.24) is 9.55 Å². The SMILES string of the molecule is Cn1c(=O)[nH]c2ccc(OCCN)cc21. The van der Waals surface area contributed by atoms with E-state index in [1.165, 1.54) is 0 Å². The zero-order valence-corrected chi connectivity index (χ0v) is 8.49. The molecule has 1 aromatic carbocycles. The Morgan fingerprint density at radius 2 is 2.33 bits per heavy atom. The molecule has 1 aromatic heterocycles. The van der Waals surface area contributed by atoms with Crippen LogP contribution in [0.25, 0.3) is 11.0 Å². The molecule has 0 spiro atoms. The number of H-pyrrole nitrogens is 1. The Morgan fingerprint density at radius 3 is 3.07 bits per heavy atom. The van der Waals surface area contributed by atoms with Crippen LogP contribution in [0.5, 0.6) is 5.75 Å². The molecular formula is C10H13N3O2. The van der Waals surface area contributed by atoms with Gasteiger partial charge in [0.25, 0.3) is 0 Å². The lowest BCUT2D eigenvalue weighted by Gasteiger charge is -2.04. The molecule has 0 saturated heterocycles. The lowest BCUT2D eigenvalue weighted by atomic mass is 10.3. The number of ether oxygens (including phenoxy) is 1. The molecule has 0 aliphatic carbocycles. The van der Waals surface area contributed by atoms with Gasteiger partial charge in [-0.3, -0.25) is 4.57 Å². The average Bonchev–Trinajstić information content (AvgIpc) is 2.52. The van der Waals surface area contributed by atoms with Crippen molar-refractivity contribution >= 4 is 11.0 Å². The summed E-state index contributed by atoms with van der Waals surface area (Å²) in [7, 11) is 1.72. The zero-order chi connectivity index (χ0) is 10.8. The Hall–Kier alpha value is -1.75. The molecule has 5 nitrogen and oxygen atoms in total. The van der Waals surface area contributed by atoms with Gasteiger partial charge in [-0.15, -0.1) is 0 Å². The summed E-state index contributed by atoms with van der Waals surface area (Å²) in [4.78, 5) is 14.0. The normalized spacial score (nSPS) is 10.8. The van der Waals surface area contributed by atoms with E-state index < -0.39 is 0 Å². The first-order chi connectivity index (χ1) is 7.22. The summed E-state index contributed by atoms with van der Waals surface area (Å²) in [5, 5.41) is 0. The molecule has 0 saturated carbocycles. The molecule has 0 bridgehead atoms. The molecule has 0 unspecified atom stereocenters. The van der Waals surface area contributed by atoms with Gasteiger partial charge in [0.05, 0.1) is 11.0 Å². The maximum absolute atomic E-state index is 11.3. The summed E-state index contributed by atoms with van der Waals surface area (Å²) in [5.41, 5.74) is 6.85. The molecule has 3 N–H and O–H groups in total. The summed E-state index contributed by atoms with van der Waals surface area (Å²) in [6.45, 7) is 0.952. The van der Waals surface area contributed by atoms with E-state index in [1.807, 2.05) is 18.2 Å². The van der Waals surface area contributed by atoms with E-state index in [-0.39, 0.29) is 5.69 Å². The van der Waals surface area contributed by atoms with Crippen molar-refractivity contribution in [3.63, 3.8) is 0 Å². The maximum Gasteiger partial charge on any atom is 0.326 e. The number of aromatic amines is 1. The van der Waals surface area contributed by atoms with Gasteiger partial charge in [0.1, 0.15) is 12.4 Å². The zero-order valence-electron chi connectivity index (χ0n) is 8.49. The summed E-state index contributed by atoms with van der Waals surface area (Å²) in [6, 6.07) is 5.46. The molecular weight excluding hydrogens is 194 g/mol. The average molecular weight is 207 g/mol. The van der Waals surface area contributed by atoms with Crippen LogP contribution in [-0.4, -0.2) is 22.7 Å². The van der Waals surface area contributed by atoms with Crippen LogP contribution in [0.1, 0.15) is 0 Å². The van der Waals surface area contributed by atoms with E-state index >= 15 is 0 Å². The molecule has 80 valence electrons. The number of aromatic nitrogens is 2. The number of hydrogen-bond donors (Lipinski definition) is 2. The number of nitrogens with two attached hydrogens (primary N) is 1. The van der Waals surface area contributed by atoms with E-state index in [2.05, 4.69) is 4.98 Å². The number of nitrogens with one attached hydrogen (secondary N) is 1. The largest absolute Gasteiger partial charge is 0.492 e. The van der Waals surface area contributed by atoms with Gasteiger partial charge in [0, 0.05) is 19.7 Å². The van der Waals surface area contributed by atoms with Crippen LogP contribution in [0.15, 0.2) is 23.0 Å². The van der Waals surface area contributed by atoms with Crippen LogP contribution in [0.4, 0.5) is 0 Å². The van der Waals surface area contributed by atoms with Crippen molar-refractivity contribution in [3.05, 3.63) is 28.7 Å². The van der Waals surface area contributed by atoms with Crippen LogP contribution in [0.3, 0.4) is 0 Å². The van der Waals surface area contributed by atoms with Crippen LogP contribution in [0.2, 0.25) is 0 Å². The number of benzene rings is 1. The minimum atomic E-state index is -0.124. The molecule has 0 aliphatic heterocycles. The smallest absolute Gasteiger partial charge is 0.326 e. The summed E-state index contributed by atoms with van der Waals surface area (Å²) >= 11 is 0. The first kappa shape index (κ1) is 9.79. The first-order valence-electron chi connectivity index (χ1n) is 4.74. The van der Waals surface area contributed by atoms with E-state index in [1.54, 1.807) is 11.6 Å². The van der Waals surface area contributed by atoms with Crippen LogP contribution < -0.4 is 16.2 Å². The molecule has 0 fully saturated rings. The fourth-order valence-electron chi connectivity index (χ4n) is 1.47. The fraction of sp³-hybridized carbons (Fsp3) is 0.300. The molecule has 1 heterocycles. The predicted octanol–water partition coefficient (Wildman–Crippen LogP) is 0.204. The molecule has 15 heavy (non-hydrogen) atoms. The Balaban J connectivity index is 2.45. The lowest BCUT2D eigenvalue weighted by Crippen LogP contribution is -2.12. The van der Waals surface area contributed by atoms with E-state index in [0.717, 1.165) is 16.8 Å². The third kappa shape index (κ3) is 1.73. The summed E-state index contributed by atoms with van der Waals surface area (Å²) < 4.78 is 6.92. The minimum absolute atomic E-state index is 0.124. The van der Waals surface area contributed by atoms with E-state index in [0.29, 0.717) is 13.2 Å². The number of fused-ring (bicyclic) bond motifs is 1. The lowest BCUT2D eigenvalue weighted by molar-refractivity contribution is 0.328. The molecule has 0 atom stereocenters. The predicted molar refractivity (Wildman–Crippen MR) is 58.1 cm³/mol. The maximum atomic E-state index is 11.3. The standard InChI is InChI=1S/C10H13N3O2/c1-13-9-6-7(15-5-4-11)2-3-8(9)12-10(13)14/h2-3,6H,4-5,11H2,1H3,(H,12,14). The fourth-order valence-corrected chi connectivity index (χ4v) is 1.47. The Labute approximate surface area is 86.5 Å². The third-order valence-corrected chi connectivity index (χ3v) is 2.26. The van der Waals surface area contributed by atoms with Crippen molar-refractivity contribution in [2.75, 3.05) is 13.2 Å². The van der Waals surface area contributed by atoms with Crippen molar-refractivity contribution in [1.29, 1.82) is 0 Å². The molecule has 2 rings (SSSR count). The first-order valence-corrected chi connectivity index (χ1v) is 4.74. The Bertz CT molecular complexity index is 527. The Morgan fingerprint density at radius 1 is 1.53 bits per heavy atom. The van der Waals surface area contributed by atoms with Crippen molar-refractivity contribution in [3.8, 4) is 5.75 Å².